The van der Waals surface area contributed by atoms with Crippen molar-refractivity contribution < 1.29 is 14.4 Å². The lowest BCUT2D eigenvalue weighted by atomic mass is 10.4. The van der Waals surface area contributed by atoms with Gasteiger partial charge in [0.15, 0.2) is 0 Å². The van der Waals surface area contributed by atoms with E-state index in [1.54, 1.807) is 6.92 Å². The zero-order chi connectivity index (χ0) is 7.28. The first-order valence-electron chi connectivity index (χ1n) is 2.58. The molecule has 54 valence electrons. The number of rotatable bonds is 3. The molecule has 0 aromatic heterocycles. The molecule has 0 aliphatic rings. The van der Waals surface area contributed by atoms with Gasteiger partial charge in [-0.2, -0.15) is 5.48 Å². The van der Waals surface area contributed by atoms with E-state index in [0.717, 1.165) is 0 Å². The summed E-state index contributed by atoms with van der Waals surface area (Å²) in [5.41, 5.74) is 2.42. The monoisotopic (exact) mass is 133 g/mol. The summed E-state index contributed by atoms with van der Waals surface area (Å²) in [6.45, 7) is 1.65. The number of hydroxylamine groups is 1. The fourth-order valence-electron chi connectivity index (χ4n) is 0.402. The molecule has 0 amide bonds. The van der Waals surface area contributed by atoms with E-state index in [1.807, 2.05) is 0 Å². The number of hydrogen-bond acceptors (Lipinski definition) is 4. The van der Waals surface area contributed by atoms with Crippen molar-refractivity contribution in [2.75, 3.05) is 14.2 Å². The second-order valence-corrected chi connectivity index (χ2v) is 1.57. The van der Waals surface area contributed by atoms with Crippen LogP contribution in [0.1, 0.15) is 6.92 Å². The van der Waals surface area contributed by atoms with Gasteiger partial charge in [0.1, 0.15) is 6.04 Å². The van der Waals surface area contributed by atoms with Gasteiger partial charge in [-0.15, -0.1) is 0 Å². The lowest BCUT2D eigenvalue weighted by molar-refractivity contribution is -0.146. The summed E-state index contributed by atoms with van der Waals surface area (Å²) < 4.78 is 4.38. The number of hydrogen-bond donors (Lipinski definition) is 1. The maximum Gasteiger partial charge on any atom is 0.324 e. The smallest absolute Gasteiger partial charge is 0.324 e. The van der Waals surface area contributed by atoms with Crippen LogP contribution in [-0.4, -0.2) is 26.2 Å². The van der Waals surface area contributed by atoms with Crippen molar-refractivity contribution in [3.8, 4) is 0 Å². The second-order valence-electron chi connectivity index (χ2n) is 1.57. The van der Waals surface area contributed by atoms with E-state index in [4.69, 9.17) is 0 Å². The van der Waals surface area contributed by atoms with Gasteiger partial charge in [0.25, 0.3) is 0 Å². The number of ether oxygens (including phenoxy) is 1. The minimum absolute atomic E-state index is 0.336. The third kappa shape index (κ3) is 3.05. The molecule has 1 unspecified atom stereocenters. The quantitative estimate of drug-likeness (QED) is 0.424. The van der Waals surface area contributed by atoms with Crippen LogP contribution in [0.4, 0.5) is 0 Å². The highest BCUT2D eigenvalue weighted by atomic mass is 16.6. The molecular formula is C5H11NO3. The molecule has 0 bridgehead atoms. The number of carbonyl (C=O) groups is 1. The Morgan fingerprint density at radius 2 is 2.11 bits per heavy atom. The average Bonchev–Trinajstić information content (AvgIpc) is 1.87. The summed E-state index contributed by atoms with van der Waals surface area (Å²) in [6.07, 6.45) is 0. The van der Waals surface area contributed by atoms with Crippen molar-refractivity contribution in [1.29, 1.82) is 0 Å². The van der Waals surface area contributed by atoms with Crippen LogP contribution in [0.5, 0.6) is 0 Å². The van der Waals surface area contributed by atoms with E-state index in [-0.39, 0.29) is 5.97 Å². The third-order valence-corrected chi connectivity index (χ3v) is 0.849. The summed E-state index contributed by atoms with van der Waals surface area (Å²) in [4.78, 5) is 15.0. The SMILES string of the molecule is CONC(C)C(=O)OC. The molecule has 0 rings (SSSR count). The van der Waals surface area contributed by atoms with E-state index < -0.39 is 6.04 Å². The van der Waals surface area contributed by atoms with E-state index in [1.165, 1.54) is 14.2 Å². The van der Waals surface area contributed by atoms with Crippen LogP contribution < -0.4 is 5.48 Å². The lowest BCUT2D eigenvalue weighted by Gasteiger charge is -2.07. The van der Waals surface area contributed by atoms with E-state index in [2.05, 4.69) is 15.1 Å². The molecule has 0 radical (unpaired) electrons. The molecule has 0 fully saturated rings. The number of carbonyl (C=O) groups excluding carboxylic acids is 1. The fraction of sp³-hybridized carbons (Fsp3) is 0.800. The predicted octanol–water partition coefficient (Wildman–Crippen LogP) is -0.301. The summed E-state index contributed by atoms with van der Waals surface area (Å²) in [6, 6.07) is -0.403. The van der Waals surface area contributed by atoms with Gasteiger partial charge in [0.2, 0.25) is 0 Å². The molecule has 4 nitrogen and oxygen atoms in total. The van der Waals surface area contributed by atoms with Gasteiger partial charge in [0, 0.05) is 0 Å². The van der Waals surface area contributed by atoms with Crippen LogP contribution in [0.15, 0.2) is 0 Å². The van der Waals surface area contributed by atoms with Gasteiger partial charge in [-0.1, -0.05) is 0 Å². The molecule has 9 heavy (non-hydrogen) atoms. The normalized spacial score (nSPS) is 12.8. The average molecular weight is 133 g/mol. The summed E-state index contributed by atoms with van der Waals surface area (Å²) >= 11 is 0. The fourth-order valence-corrected chi connectivity index (χ4v) is 0.402. The lowest BCUT2D eigenvalue weighted by Crippen LogP contribution is -2.33. The Morgan fingerprint density at radius 3 is 2.44 bits per heavy atom. The Bertz CT molecular complexity index is 94.2. The Kier molecular flexibility index (Phi) is 4.00. The molecule has 1 N–H and O–H groups in total. The molecule has 0 aromatic carbocycles. The van der Waals surface area contributed by atoms with E-state index >= 15 is 0 Å². The predicted molar refractivity (Wildman–Crippen MR) is 31.6 cm³/mol. The molecule has 0 saturated heterocycles. The number of nitrogens with one attached hydrogen (secondary N) is 1. The van der Waals surface area contributed by atoms with Crippen LogP contribution >= 0.6 is 0 Å². The highest BCUT2D eigenvalue weighted by Gasteiger charge is 2.10. The largest absolute Gasteiger partial charge is 0.468 e. The Hall–Kier alpha value is -0.610. The minimum atomic E-state index is -0.403. The first kappa shape index (κ1) is 8.39. The van der Waals surface area contributed by atoms with E-state index in [9.17, 15) is 4.79 Å². The second kappa shape index (κ2) is 4.29. The Labute approximate surface area is 54.1 Å². The van der Waals surface area contributed by atoms with Crippen molar-refractivity contribution >= 4 is 5.97 Å². The van der Waals surface area contributed by atoms with Crippen LogP contribution in [0, 0.1) is 0 Å². The van der Waals surface area contributed by atoms with Crippen LogP contribution in [-0.2, 0) is 14.4 Å². The van der Waals surface area contributed by atoms with Crippen LogP contribution in [0.2, 0.25) is 0 Å². The standard InChI is InChI=1S/C5H11NO3/c1-4(6-9-3)5(7)8-2/h4,6H,1-3H3. The highest BCUT2D eigenvalue weighted by molar-refractivity contribution is 5.74. The Morgan fingerprint density at radius 1 is 1.56 bits per heavy atom. The number of methoxy groups -OCH3 is 1. The van der Waals surface area contributed by atoms with Gasteiger partial charge in [-0.05, 0) is 6.92 Å². The van der Waals surface area contributed by atoms with Crippen molar-refractivity contribution in [2.24, 2.45) is 0 Å². The molecule has 0 aliphatic carbocycles. The number of esters is 1. The zero-order valence-corrected chi connectivity index (χ0v) is 5.80. The van der Waals surface area contributed by atoms with Crippen molar-refractivity contribution in [3.05, 3.63) is 0 Å². The minimum Gasteiger partial charge on any atom is -0.468 e. The maximum atomic E-state index is 10.5. The van der Waals surface area contributed by atoms with Crippen LogP contribution in [0.3, 0.4) is 0 Å². The summed E-state index contributed by atoms with van der Waals surface area (Å²) in [5.74, 6) is -0.336. The molecule has 0 aromatic rings. The first-order chi connectivity index (χ1) is 4.22. The zero-order valence-electron chi connectivity index (χ0n) is 5.80. The van der Waals surface area contributed by atoms with Crippen molar-refractivity contribution in [3.63, 3.8) is 0 Å². The Balaban J connectivity index is 3.45. The van der Waals surface area contributed by atoms with Gasteiger partial charge >= 0.3 is 5.97 Å². The van der Waals surface area contributed by atoms with Gasteiger partial charge in [-0.3, -0.25) is 4.79 Å². The molecular weight excluding hydrogens is 122 g/mol. The molecule has 0 heterocycles. The van der Waals surface area contributed by atoms with Gasteiger partial charge in [0.05, 0.1) is 14.2 Å². The van der Waals surface area contributed by atoms with E-state index in [0.29, 0.717) is 0 Å². The topological polar surface area (TPSA) is 47.6 Å². The molecule has 4 heteroatoms. The van der Waals surface area contributed by atoms with Crippen molar-refractivity contribution in [1.82, 2.24) is 5.48 Å². The van der Waals surface area contributed by atoms with Gasteiger partial charge in [-0.25, -0.2) is 0 Å². The molecule has 0 spiro atoms. The summed E-state index contributed by atoms with van der Waals surface area (Å²) in [5, 5.41) is 0. The van der Waals surface area contributed by atoms with Crippen molar-refractivity contribution in [2.45, 2.75) is 13.0 Å². The molecule has 0 saturated carbocycles. The highest BCUT2D eigenvalue weighted by Crippen LogP contribution is 1.83. The van der Waals surface area contributed by atoms with Crippen LogP contribution in [0.25, 0.3) is 0 Å². The summed E-state index contributed by atoms with van der Waals surface area (Å²) in [7, 11) is 2.77. The maximum absolute atomic E-state index is 10.5. The third-order valence-electron chi connectivity index (χ3n) is 0.849. The molecule has 1 atom stereocenters. The first-order valence-corrected chi connectivity index (χ1v) is 2.58. The van der Waals surface area contributed by atoms with Gasteiger partial charge < -0.3 is 9.57 Å². The molecule has 0 aliphatic heterocycles.